The van der Waals surface area contributed by atoms with Crippen molar-refractivity contribution in [3.05, 3.63) is 57.0 Å². The Morgan fingerprint density at radius 2 is 1.83 bits per heavy atom. The van der Waals surface area contributed by atoms with Crippen LogP contribution in [0.2, 0.25) is 5.02 Å². The molecule has 0 aliphatic rings. The predicted molar refractivity (Wildman–Crippen MR) is 103 cm³/mol. The molecule has 130 valence electrons. The maximum absolute atomic E-state index is 12.4. The number of thioether (sulfide) groups is 1. The van der Waals surface area contributed by atoms with Gasteiger partial charge in [0.2, 0.25) is 0 Å². The molecule has 0 fully saturated rings. The van der Waals surface area contributed by atoms with Crippen LogP contribution < -0.4 is 5.56 Å². The van der Waals surface area contributed by atoms with Crippen LogP contribution in [-0.4, -0.2) is 9.78 Å². The molecule has 0 spiro atoms. The molecule has 0 unspecified atom stereocenters. The van der Waals surface area contributed by atoms with E-state index in [1.165, 1.54) is 15.8 Å². The number of benzene rings is 1. The molecule has 0 amide bonds. The molecule has 1 aromatic carbocycles. The second kappa shape index (κ2) is 6.93. The average Bonchev–Trinajstić information content (AvgIpc) is 2.47. The van der Waals surface area contributed by atoms with Crippen molar-refractivity contribution >= 4 is 23.4 Å². The van der Waals surface area contributed by atoms with E-state index in [9.17, 15) is 4.79 Å². The summed E-state index contributed by atoms with van der Waals surface area (Å²) >= 11 is 7.83. The normalized spacial score (nSPS) is 12.5. The maximum Gasteiger partial charge on any atom is 0.287 e. The molecule has 0 N–H and O–H groups in total. The number of hydrogen-bond donors (Lipinski definition) is 0. The summed E-state index contributed by atoms with van der Waals surface area (Å²) in [4.78, 5) is 13.1. The molecule has 2 aromatic rings. The Morgan fingerprint density at radius 1 is 1.17 bits per heavy atom. The zero-order valence-electron chi connectivity index (χ0n) is 15.2. The van der Waals surface area contributed by atoms with Crippen molar-refractivity contribution in [3.8, 4) is 0 Å². The maximum atomic E-state index is 12.4. The van der Waals surface area contributed by atoms with Gasteiger partial charge in [-0.1, -0.05) is 56.6 Å². The van der Waals surface area contributed by atoms with Gasteiger partial charge in [-0.2, -0.15) is 5.10 Å². The standard InChI is InChI=1S/C19H25ClN2OS/c1-18(2,3)14-9-7-8-13(10-14)12-24-15-11-21-22(19(4,5)6)17(23)16(15)20/h7-11H,12H2,1-6H3. The summed E-state index contributed by atoms with van der Waals surface area (Å²) < 4.78 is 1.43. The molecule has 0 saturated carbocycles. The SMILES string of the molecule is CC(C)(C)c1cccc(CSc2cnn(C(C)(C)C)c(=O)c2Cl)c1. The molecule has 24 heavy (non-hydrogen) atoms. The second-order valence-corrected chi connectivity index (χ2v) is 9.34. The Labute approximate surface area is 153 Å². The number of rotatable bonds is 3. The van der Waals surface area contributed by atoms with Gasteiger partial charge in [0.1, 0.15) is 5.02 Å². The molecule has 0 aliphatic heterocycles. The zero-order chi connectivity index (χ0) is 18.1. The van der Waals surface area contributed by atoms with Crippen LogP contribution in [0.25, 0.3) is 0 Å². The molecule has 0 aliphatic carbocycles. The van der Waals surface area contributed by atoms with Crippen LogP contribution >= 0.6 is 23.4 Å². The van der Waals surface area contributed by atoms with E-state index in [-0.39, 0.29) is 21.5 Å². The molecule has 1 aromatic heterocycles. The average molecular weight is 365 g/mol. The molecule has 0 radical (unpaired) electrons. The summed E-state index contributed by atoms with van der Waals surface area (Å²) in [6.07, 6.45) is 1.69. The van der Waals surface area contributed by atoms with Gasteiger partial charge in [0.25, 0.3) is 5.56 Å². The van der Waals surface area contributed by atoms with Gasteiger partial charge < -0.3 is 0 Å². The zero-order valence-corrected chi connectivity index (χ0v) is 16.8. The van der Waals surface area contributed by atoms with Crippen LogP contribution in [0, 0.1) is 0 Å². The summed E-state index contributed by atoms with van der Waals surface area (Å²) in [5.41, 5.74) is 2.01. The highest BCUT2D eigenvalue weighted by Gasteiger charge is 2.19. The molecular formula is C19H25ClN2OS. The minimum atomic E-state index is -0.384. The van der Waals surface area contributed by atoms with E-state index in [4.69, 9.17) is 11.6 Å². The Morgan fingerprint density at radius 3 is 2.42 bits per heavy atom. The summed E-state index contributed by atoms with van der Waals surface area (Å²) in [6.45, 7) is 12.4. The molecule has 0 bridgehead atoms. The fourth-order valence-corrected chi connectivity index (χ4v) is 3.41. The number of aromatic nitrogens is 2. The van der Waals surface area contributed by atoms with Crippen molar-refractivity contribution in [2.45, 2.75) is 63.1 Å². The van der Waals surface area contributed by atoms with Crippen LogP contribution in [-0.2, 0) is 16.7 Å². The largest absolute Gasteiger partial charge is 0.287 e. The van der Waals surface area contributed by atoms with Crippen molar-refractivity contribution < 1.29 is 0 Å². The van der Waals surface area contributed by atoms with E-state index >= 15 is 0 Å². The Kier molecular flexibility index (Phi) is 5.50. The van der Waals surface area contributed by atoms with Gasteiger partial charge in [0.15, 0.2) is 0 Å². The molecule has 0 saturated heterocycles. The summed E-state index contributed by atoms with van der Waals surface area (Å²) in [6, 6.07) is 8.53. The van der Waals surface area contributed by atoms with E-state index in [1.54, 1.807) is 18.0 Å². The quantitative estimate of drug-likeness (QED) is 0.698. The molecule has 1 heterocycles. The fourth-order valence-electron chi connectivity index (χ4n) is 2.28. The third kappa shape index (κ3) is 4.42. The minimum Gasteiger partial charge on any atom is -0.266 e. The third-order valence-electron chi connectivity index (χ3n) is 3.71. The van der Waals surface area contributed by atoms with Crippen LogP contribution in [0.4, 0.5) is 0 Å². The lowest BCUT2D eigenvalue weighted by atomic mass is 9.86. The fraction of sp³-hybridized carbons (Fsp3) is 0.474. The first kappa shape index (κ1) is 19.1. The third-order valence-corrected chi connectivity index (χ3v) is 5.29. The van der Waals surface area contributed by atoms with Crippen LogP contribution in [0.15, 0.2) is 40.2 Å². The Bertz CT molecular complexity index is 785. The monoisotopic (exact) mass is 364 g/mol. The van der Waals surface area contributed by atoms with Gasteiger partial charge in [0.05, 0.1) is 16.6 Å². The van der Waals surface area contributed by atoms with Crippen molar-refractivity contribution in [2.75, 3.05) is 0 Å². The van der Waals surface area contributed by atoms with E-state index in [0.29, 0.717) is 0 Å². The lowest BCUT2D eigenvalue weighted by Gasteiger charge is -2.21. The van der Waals surface area contributed by atoms with E-state index < -0.39 is 0 Å². The Hall–Kier alpha value is -1.26. The smallest absolute Gasteiger partial charge is 0.266 e. The van der Waals surface area contributed by atoms with E-state index in [1.807, 2.05) is 20.8 Å². The van der Waals surface area contributed by atoms with Crippen molar-refractivity contribution in [1.82, 2.24) is 9.78 Å². The summed E-state index contributed by atoms with van der Waals surface area (Å²) in [7, 11) is 0. The first-order chi connectivity index (χ1) is 11.0. The topological polar surface area (TPSA) is 34.9 Å². The van der Waals surface area contributed by atoms with Gasteiger partial charge in [-0.15, -0.1) is 11.8 Å². The van der Waals surface area contributed by atoms with Crippen molar-refractivity contribution in [1.29, 1.82) is 0 Å². The highest BCUT2D eigenvalue weighted by molar-refractivity contribution is 7.98. The highest BCUT2D eigenvalue weighted by atomic mass is 35.5. The Balaban J connectivity index is 2.22. The van der Waals surface area contributed by atoms with Gasteiger partial charge in [-0.3, -0.25) is 4.79 Å². The predicted octanol–water partition coefficient (Wildman–Crippen LogP) is 5.24. The number of hydrogen-bond acceptors (Lipinski definition) is 3. The van der Waals surface area contributed by atoms with Crippen LogP contribution in [0.5, 0.6) is 0 Å². The van der Waals surface area contributed by atoms with E-state index in [2.05, 4.69) is 50.1 Å². The van der Waals surface area contributed by atoms with Gasteiger partial charge in [-0.05, 0) is 37.3 Å². The van der Waals surface area contributed by atoms with Crippen molar-refractivity contribution in [3.63, 3.8) is 0 Å². The van der Waals surface area contributed by atoms with Crippen molar-refractivity contribution in [2.24, 2.45) is 0 Å². The minimum absolute atomic E-state index is 0.118. The first-order valence-corrected chi connectivity index (χ1v) is 9.37. The molecular weight excluding hydrogens is 340 g/mol. The van der Waals surface area contributed by atoms with Crippen LogP contribution in [0.3, 0.4) is 0 Å². The van der Waals surface area contributed by atoms with Gasteiger partial charge in [0, 0.05) is 5.75 Å². The van der Waals surface area contributed by atoms with E-state index in [0.717, 1.165) is 10.6 Å². The second-order valence-electron chi connectivity index (χ2n) is 7.95. The molecule has 0 atom stereocenters. The van der Waals surface area contributed by atoms with Gasteiger partial charge in [-0.25, -0.2) is 4.68 Å². The first-order valence-electron chi connectivity index (χ1n) is 8.00. The lowest BCUT2D eigenvalue weighted by Crippen LogP contribution is -2.36. The van der Waals surface area contributed by atoms with Crippen LogP contribution in [0.1, 0.15) is 52.7 Å². The summed E-state index contributed by atoms with van der Waals surface area (Å²) in [5, 5.41) is 4.53. The molecule has 2 rings (SSSR count). The summed E-state index contributed by atoms with van der Waals surface area (Å²) in [5.74, 6) is 0.754. The lowest BCUT2D eigenvalue weighted by molar-refractivity contribution is 0.336. The highest BCUT2D eigenvalue weighted by Crippen LogP contribution is 2.29. The van der Waals surface area contributed by atoms with Gasteiger partial charge >= 0.3 is 0 Å². The number of nitrogens with zero attached hydrogens (tertiary/aromatic N) is 2. The number of halogens is 1. The molecule has 3 nitrogen and oxygen atoms in total. The molecule has 5 heteroatoms.